The number of aliphatic hydroxyl groups is 1. The average molecular weight is 205 g/mol. The van der Waals surface area contributed by atoms with Crippen LogP contribution in [0.2, 0.25) is 0 Å². The number of carbonyl (C=O) groups is 1. The van der Waals surface area contributed by atoms with Crippen molar-refractivity contribution in [3.05, 3.63) is 35.4 Å². The van der Waals surface area contributed by atoms with Crippen molar-refractivity contribution in [1.29, 1.82) is 0 Å². The molecule has 0 radical (unpaired) electrons. The minimum absolute atomic E-state index is 0.0920. The number of nitrogens with zero attached hydrogens (tertiary/aromatic N) is 1. The van der Waals surface area contributed by atoms with E-state index in [0.717, 1.165) is 0 Å². The molecule has 1 aliphatic rings. The predicted octanol–water partition coefficient (Wildman–Crippen LogP) is 1.93. The second kappa shape index (κ2) is 3.07. The van der Waals surface area contributed by atoms with Crippen molar-refractivity contribution >= 4 is 5.91 Å². The maximum atomic E-state index is 12.0. The van der Waals surface area contributed by atoms with E-state index in [2.05, 4.69) is 0 Å². The molecule has 0 bridgehead atoms. The molecule has 0 saturated carbocycles. The number of rotatable bonds is 0. The highest BCUT2D eigenvalue weighted by atomic mass is 16.3. The molecule has 15 heavy (non-hydrogen) atoms. The fourth-order valence-corrected chi connectivity index (χ4v) is 1.97. The van der Waals surface area contributed by atoms with E-state index in [4.69, 9.17) is 0 Å². The minimum Gasteiger partial charge on any atom is -0.369 e. The third-order valence-corrected chi connectivity index (χ3v) is 2.66. The summed E-state index contributed by atoms with van der Waals surface area (Å²) in [5.74, 6) is -0.0920. The van der Waals surface area contributed by atoms with Crippen LogP contribution < -0.4 is 0 Å². The number of hydrogen-bond donors (Lipinski definition) is 1. The van der Waals surface area contributed by atoms with Gasteiger partial charge in [0.05, 0.1) is 0 Å². The monoisotopic (exact) mass is 205 g/mol. The highest BCUT2D eigenvalue weighted by Gasteiger charge is 2.41. The minimum atomic E-state index is -0.811. The lowest BCUT2D eigenvalue weighted by Crippen LogP contribution is -2.43. The van der Waals surface area contributed by atoms with Crippen LogP contribution in [-0.2, 0) is 0 Å². The molecule has 1 amide bonds. The lowest BCUT2D eigenvalue weighted by molar-refractivity contribution is -0.0228. The molecule has 1 aliphatic heterocycles. The molecule has 80 valence electrons. The Morgan fingerprint density at radius 3 is 2.40 bits per heavy atom. The van der Waals surface area contributed by atoms with Crippen molar-refractivity contribution in [2.24, 2.45) is 0 Å². The topological polar surface area (TPSA) is 40.5 Å². The van der Waals surface area contributed by atoms with Gasteiger partial charge in [-0.25, -0.2) is 0 Å². The van der Waals surface area contributed by atoms with Crippen molar-refractivity contribution in [1.82, 2.24) is 4.90 Å². The van der Waals surface area contributed by atoms with E-state index in [1.807, 2.05) is 32.9 Å². The number of aliphatic hydroxyl groups excluding tert-OH is 1. The molecule has 1 aromatic rings. The summed E-state index contributed by atoms with van der Waals surface area (Å²) in [7, 11) is 0. The van der Waals surface area contributed by atoms with Crippen molar-refractivity contribution in [2.45, 2.75) is 32.5 Å². The lowest BCUT2D eigenvalue weighted by Gasteiger charge is -2.34. The number of benzene rings is 1. The van der Waals surface area contributed by atoms with E-state index >= 15 is 0 Å². The molecule has 0 aliphatic carbocycles. The van der Waals surface area contributed by atoms with Gasteiger partial charge in [0, 0.05) is 16.7 Å². The Hall–Kier alpha value is -1.35. The SMILES string of the molecule is CC(C)(C)N1C(=O)c2ccccc2[C@H]1O. The summed E-state index contributed by atoms with van der Waals surface area (Å²) in [6.45, 7) is 5.75. The Morgan fingerprint density at radius 1 is 1.27 bits per heavy atom. The molecule has 0 spiro atoms. The van der Waals surface area contributed by atoms with Gasteiger partial charge >= 0.3 is 0 Å². The van der Waals surface area contributed by atoms with Crippen LogP contribution >= 0.6 is 0 Å². The molecule has 0 aromatic heterocycles. The van der Waals surface area contributed by atoms with Gasteiger partial charge in [0.25, 0.3) is 5.91 Å². The number of hydrogen-bond acceptors (Lipinski definition) is 2. The molecule has 0 fully saturated rings. The highest BCUT2D eigenvalue weighted by molar-refractivity contribution is 5.99. The summed E-state index contributed by atoms with van der Waals surface area (Å²) in [6.07, 6.45) is -0.811. The Balaban J connectivity index is 2.50. The third-order valence-electron chi connectivity index (χ3n) is 2.66. The van der Waals surface area contributed by atoms with E-state index in [0.29, 0.717) is 11.1 Å². The van der Waals surface area contributed by atoms with E-state index in [1.165, 1.54) is 4.90 Å². The second-order valence-corrected chi connectivity index (χ2v) is 4.81. The normalized spacial score (nSPS) is 20.7. The molecular formula is C12H15NO2. The van der Waals surface area contributed by atoms with Crippen LogP contribution in [0.4, 0.5) is 0 Å². The highest BCUT2D eigenvalue weighted by Crippen LogP contribution is 2.36. The Kier molecular flexibility index (Phi) is 2.08. The standard InChI is InChI=1S/C12H15NO2/c1-12(2,3)13-10(14)8-6-4-5-7-9(8)11(13)15/h4-7,10,14H,1-3H3/t10-/m1/s1. The lowest BCUT2D eigenvalue weighted by atomic mass is 10.1. The van der Waals surface area contributed by atoms with Crippen molar-refractivity contribution in [3.63, 3.8) is 0 Å². The Bertz CT molecular complexity index is 406. The van der Waals surface area contributed by atoms with Gasteiger partial charge in [0.2, 0.25) is 0 Å². The van der Waals surface area contributed by atoms with Crippen LogP contribution in [0.5, 0.6) is 0 Å². The largest absolute Gasteiger partial charge is 0.369 e. The van der Waals surface area contributed by atoms with E-state index in [1.54, 1.807) is 12.1 Å². The molecule has 0 saturated heterocycles. The third kappa shape index (κ3) is 1.43. The average Bonchev–Trinajstić information content (AvgIpc) is 2.39. The van der Waals surface area contributed by atoms with Gasteiger partial charge in [-0.15, -0.1) is 0 Å². The van der Waals surface area contributed by atoms with Gasteiger partial charge in [-0.2, -0.15) is 0 Å². The van der Waals surface area contributed by atoms with Crippen molar-refractivity contribution in [2.75, 3.05) is 0 Å². The summed E-state index contributed by atoms with van der Waals surface area (Å²) < 4.78 is 0. The summed E-state index contributed by atoms with van der Waals surface area (Å²) in [5.41, 5.74) is 0.951. The van der Waals surface area contributed by atoms with Crippen LogP contribution in [0.1, 0.15) is 42.9 Å². The zero-order valence-corrected chi connectivity index (χ0v) is 9.19. The van der Waals surface area contributed by atoms with Crippen LogP contribution in [0.15, 0.2) is 24.3 Å². The first kappa shape index (κ1) is 10.2. The van der Waals surface area contributed by atoms with Crippen molar-refractivity contribution in [3.8, 4) is 0 Å². The van der Waals surface area contributed by atoms with Crippen LogP contribution in [0.3, 0.4) is 0 Å². The molecule has 1 N–H and O–H groups in total. The first-order chi connectivity index (χ1) is 6.93. The fraction of sp³-hybridized carbons (Fsp3) is 0.417. The zero-order chi connectivity index (χ0) is 11.2. The van der Waals surface area contributed by atoms with E-state index in [-0.39, 0.29) is 11.4 Å². The fourth-order valence-electron chi connectivity index (χ4n) is 1.97. The molecule has 1 atom stereocenters. The van der Waals surface area contributed by atoms with Crippen LogP contribution in [0, 0.1) is 0 Å². The van der Waals surface area contributed by atoms with Crippen LogP contribution in [-0.4, -0.2) is 21.5 Å². The van der Waals surface area contributed by atoms with Gasteiger partial charge in [-0.1, -0.05) is 18.2 Å². The van der Waals surface area contributed by atoms with E-state index in [9.17, 15) is 9.90 Å². The molecule has 3 nitrogen and oxygen atoms in total. The maximum Gasteiger partial charge on any atom is 0.257 e. The molecule has 3 heteroatoms. The van der Waals surface area contributed by atoms with Gasteiger partial charge in [0.15, 0.2) is 6.23 Å². The summed E-state index contributed by atoms with van der Waals surface area (Å²) in [4.78, 5) is 13.5. The molecule has 1 aromatic carbocycles. The number of fused-ring (bicyclic) bond motifs is 1. The van der Waals surface area contributed by atoms with Gasteiger partial charge in [0.1, 0.15) is 0 Å². The van der Waals surface area contributed by atoms with Crippen molar-refractivity contribution < 1.29 is 9.90 Å². The second-order valence-electron chi connectivity index (χ2n) is 4.81. The first-order valence-corrected chi connectivity index (χ1v) is 5.03. The summed E-state index contributed by atoms with van der Waals surface area (Å²) in [5, 5.41) is 10.1. The van der Waals surface area contributed by atoms with E-state index < -0.39 is 6.23 Å². The molecule has 2 rings (SSSR count). The predicted molar refractivity (Wildman–Crippen MR) is 57.3 cm³/mol. The smallest absolute Gasteiger partial charge is 0.257 e. The number of amides is 1. The molecule has 0 unspecified atom stereocenters. The van der Waals surface area contributed by atoms with Gasteiger partial charge < -0.3 is 10.0 Å². The first-order valence-electron chi connectivity index (χ1n) is 5.03. The molecular weight excluding hydrogens is 190 g/mol. The Labute approximate surface area is 89.3 Å². The van der Waals surface area contributed by atoms with Gasteiger partial charge in [-0.05, 0) is 26.8 Å². The number of carbonyl (C=O) groups excluding carboxylic acids is 1. The van der Waals surface area contributed by atoms with Gasteiger partial charge in [-0.3, -0.25) is 4.79 Å². The summed E-state index contributed by atoms with van der Waals surface area (Å²) >= 11 is 0. The summed E-state index contributed by atoms with van der Waals surface area (Å²) in [6, 6.07) is 7.20. The van der Waals surface area contributed by atoms with Crippen LogP contribution in [0.25, 0.3) is 0 Å². The molecule has 1 heterocycles. The maximum absolute atomic E-state index is 12.0. The quantitative estimate of drug-likeness (QED) is 0.703. The zero-order valence-electron chi connectivity index (χ0n) is 9.19. The Morgan fingerprint density at radius 2 is 1.87 bits per heavy atom.